The Morgan fingerprint density at radius 2 is 2.14 bits per heavy atom. The number of urea groups is 1. The second-order valence-corrected chi connectivity index (χ2v) is 8.56. The van der Waals surface area contributed by atoms with E-state index >= 15 is 0 Å². The van der Waals surface area contributed by atoms with Crippen LogP contribution in [0.4, 0.5) is 4.79 Å². The fourth-order valence-corrected chi connectivity index (χ4v) is 5.32. The van der Waals surface area contributed by atoms with Crippen LogP contribution in [0.5, 0.6) is 0 Å². The molecule has 1 aliphatic carbocycles. The molecule has 1 aliphatic heterocycles. The molecule has 4 amide bonds. The van der Waals surface area contributed by atoms with Gasteiger partial charge in [-0.3, -0.25) is 14.5 Å². The van der Waals surface area contributed by atoms with Crippen LogP contribution >= 0.6 is 22.9 Å². The monoisotopic (exact) mass is 417 g/mol. The van der Waals surface area contributed by atoms with Gasteiger partial charge in [-0.2, -0.15) is 0 Å². The summed E-state index contributed by atoms with van der Waals surface area (Å²) in [6.07, 6.45) is 2.28. The van der Waals surface area contributed by atoms with E-state index in [1.807, 2.05) is 36.6 Å². The van der Waals surface area contributed by atoms with Gasteiger partial charge in [0, 0.05) is 15.5 Å². The van der Waals surface area contributed by atoms with Crippen LogP contribution in [0.2, 0.25) is 5.02 Å². The van der Waals surface area contributed by atoms with Crippen molar-refractivity contribution in [3.8, 4) is 0 Å². The first-order valence-corrected chi connectivity index (χ1v) is 10.4. The molecule has 2 aliphatic rings. The highest BCUT2D eigenvalue weighted by Gasteiger charge is 2.54. The van der Waals surface area contributed by atoms with Gasteiger partial charge in [0.2, 0.25) is 5.91 Å². The summed E-state index contributed by atoms with van der Waals surface area (Å²) in [6, 6.07) is 8.28. The van der Waals surface area contributed by atoms with Crippen molar-refractivity contribution in [2.24, 2.45) is 0 Å². The fourth-order valence-electron chi connectivity index (χ4n) is 4.02. The zero-order valence-electron chi connectivity index (χ0n) is 15.3. The van der Waals surface area contributed by atoms with Crippen LogP contribution in [-0.4, -0.2) is 29.3 Å². The number of halogens is 1. The lowest BCUT2D eigenvalue weighted by Gasteiger charge is -2.31. The zero-order valence-corrected chi connectivity index (χ0v) is 16.9. The van der Waals surface area contributed by atoms with Crippen molar-refractivity contribution >= 4 is 40.8 Å². The molecule has 2 atom stereocenters. The molecule has 28 heavy (non-hydrogen) atoms. The molecular weight excluding hydrogens is 398 g/mol. The van der Waals surface area contributed by atoms with Crippen LogP contribution in [-0.2, 0) is 21.5 Å². The van der Waals surface area contributed by atoms with Gasteiger partial charge in [0.25, 0.3) is 5.91 Å². The van der Waals surface area contributed by atoms with E-state index in [0.29, 0.717) is 11.4 Å². The van der Waals surface area contributed by atoms with Gasteiger partial charge in [0.15, 0.2) is 0 Å². The SMILES string of the molecule is CC(NC(=O)CN1C(=O)NC2(CCCc3sccc32)C1=O)c1ccccc1Cl. The van der Waals surface area contributed by atoms with Crippen molar-refractivity contribution < 1.29 is 14.4 Å². The Balaban J connectivity index is 1.49. The Labute approximate surface area is 171 Å². The van der Waals surface area contributed by atoms with E-state index in [4.69, 9.17) is 11.6 Å². The molecule has 2 N–H and O–H groups in total. The molecule has 0 radical (unpaired) electrons. The van der Waals surface area contributed by atoms with Crippen LogP contribution in [0.25, 0.3) is 0 Å². The summed E-state index contributed by atoms with van der Waals surface area (Å²) in [5, 5.41) is 8.16. The van der Waals surface area contributed by atoms with Crippen LogP contribution in [0.15, 0.2) is 35.7 Å². The van der Waals surface area contributed by atoms with Crippen LogP contribution < -0.4 is 10.6 Å². The van der Waals surface area contributed by atoms with Crippen molar-refractivity contribution in [2.45, 2.75) is 37.8 Å². The van der Waals surface area contributed by atoms with E-state index in [0.717, 1.165) is 33.7 Å². The van der Waals surface area contributed by atoms with Crippen LogP contribution in [0.1, 0.15) is 41.8 Å². The van der Waals surface area contributed by atoms with Crippen LogP contribution in [0.3, 0.4) is 0 Å². The van der Waals surface area contributed by atoms with Crippen molar-refractivity contribution in [1.82, 2.24) is 15.5 Å². The van der Waals surface area contributed by atoms with Crippen molar-refractivity contribution in [3.63, 3.8) is 0 Å². The number of nitrogens with zero attached hydrogens (tertiary/aromatic N) is 1. The Hall–Kier alpha value is -2.38. The first kappa shape index (κ1) is 19.0. The number of nitrogens with one attached hydrogen (secondary N) is 2. The highest BCUT2D eigenvalue weighted by Crippen LogP contribution is 2.42. The molecule has 1 aromatic heterocycles. The number of thiophene rings is 1. The second kappa shape index (κ2) is 7.22. The maximum atomic E-state index is 13.1. The van der Waals surface area contributed by atoms with Gasteiger partial charge < -0.3 is 10.6 Å². The van der Waals surface area contributed by atoms with Gasteiger partial charge in [-0.15, -0.1) is 11.3 Å². The number of hydrogen-bond acceptors (Lipinski definition) is 4. The van der Waals surface area contributed by atoms with Gasteiger partial charge in [-0.25, -0.2) is 4.79 Å². The molecule has 2 aromatic rings. The molecule has 0 saturated carbocycles. The topological polar surface area (TPSA) is 78.5 Å². The van der Waals surface area contributed by atoms with Gasteiger partial charge in [0.05, 0.1) is 6.04 Å². The molecule has 0 bridgehead atoms. The molecule has 1 aromatic carbocycles. The summed E-state index contributed by atoms with van der Waals surface area (Å²) in [7, 11) is 0. The number of rotatable bonds is 4. The Morgan fingerprint density at radius 3 is 2.93 bits per heavy atom. The standard InChI is InChI=1S/C20H20ClN3O3S/c1-12(13-5-2-3-6-15(13)21)22-17(25)11-24-18(26)20(23-19(24)27)9-4-7-16-14(20)8-10-28-16/h2-3,5-6,8,10,12H,4,7,9,11H2,1H3,(H,22,25)(H,23,27). The number of aryl methyl sites for hydroxylation is 1. The number of carbonyl (C=O) groups excluding carboxylic acids is 3. The quantitative estimate of drug-likeness (QED) is 0.748. The average molecular weight is 418 g/mol. The van der Waals surface area contributed by atoms with E-state index in [9.17, 15) is 14.4 Å². The molecule has 8 heteroatoms. The number of carbonyl (C=O) groups is 3. The third-order valence-electron chi connectivity index (χ3n) is 5.39. The zero-order chi connectivity index (χ0) is 19.9. The largest absolute Gasteiger partial charge is 0.348 e. The van der Waals surface area contributed by atoms with Crippen molar-refractivity contribution in [1.29, 1.82) is 0 Å². The lowest BCUT2D eigenvalue weighted by molar-refractivity contribution is -0.135. The lowest BCUT2D eigenvalue weighted by Crippen LogP contribution is -2.47. The third kappa shape index (κ3) is 3.08. The van der Waals surface area contributed by atoms with Crippen LogP contribution in [0, 0.1) is 0 Å². The van der Waals surface area contributed by atoms with E-state index in [-0.39, 0.29) is 18.5 Å². The predicted octanol–water partition coefficient (Wildman–Crippen LogP) is 3.36. The smallest absolute Gasteiger partial charge is 0.325 e. The summed E-state index contributed by atoms with van der Waals surface area (Å²) < 4.78 is 0. The van der Waals surface area contributed by atoms with E-state index in [1.165, 1.54) is 0 Å². The molecule has 1 saturated heterocycles. The molecule has 146 valence electrons. The second-order valence-electron chi connectivity index (χ2n) is 7.15. The van der Waals surface area contributed by atoms with Gasteiger partial charge in [-0.1, -0.05) is 29.8 Å². The number of hydrogen-bond donors (Lipinski definition) is 2. The fraction of sp³-hybridized carbons (Fsp3) is 0.350. The summed E-state index contributed by atoms with van der Waals surface area (Å²) in [4.78, 5) is 40.3. The van der Waals surface area contributed by atoms with E-state index < -0.39 is 17.5 Å². The minimum absolute atomic E-state index is 0.319. The van der Waals surface area contributed by atoms with E-state index in [2.05, 4.69) is 10.6 Å². The highest BCUT2D eigenvalue weighted by molar-refractivity contribution is 7.10. The number of fused-ring (bicyclic) bond motifs is 2. The number of benzene rings is 1. The first-order chi connectivity index (χ1) is 13.4. The molecule has 1 fully saturated rings. The summed E-state index contributed by atoms with van der Waals surface area (Å²) in [5.41, 5.74) is 0.620. The molecule has 2 heterocycles. The maximum absolute atomic E-state index is 13.1. The average Bonchev–Trinajstić information content (AvgIpc) is 3.23. The lowest BCUT2D eigenvalue weighted by atomic mass is 9.80. The summed E-state index contributed by atoms with van der Waals surface area (Å²) >= 11 is 7.77. The summed E-state index contributed by atoms with van der Waals surface area (Å²) in [6.45, 7) is 1.49. The number of amides is 4. The number of imide groups is 1. The third-order valence-corrected chi connectivity index (χ3v) is 6.71. The minimum Gasteiger partial charge on any atom is -0.348 e. The maximum Gasteiger partial charge on any atom is 0.325 e. The summed E-state index contributed by atoms with van der Waals surface area (Å²) in [5.74, 6) is -0.758. The molecule has 6 nitrogen and oxygen atoms in total. The predicted molar refractivity (Wildman–Crippen MR) is 107 cm³/mol. The minimum atomic E-state index is -1.03. The molecule has 1 spiro atoms. The Kier molecular flexibility index (Phi) is 4.89. The molecular formula is C20H20ClN3O3S. The highest BCUT2D eigenvalue weighted by atomic mass is 35.5. The van der Waals surface area contributed by atoms with Gasteiger partial charge in [0.1, 0.15) is 12.1 Å². The van der Waals surface area contributed by atoms with Gasteiger partial charge >= 0.3 is 6.03 Å². The van der Waals surface area contributed by atoms with Gasteiger partial charge in [-0.05, 0) is 49.3 Å². The Morgan fingerprint density at radius 1 is 1.36 bits per heavy atom. The molecule has 2 unspecified atom stereocenters. The van der Waals surface area contributed by atoms with Crippen molar-refractivity contribution in [3.05, 3.63) is 56.7 Å². The Bertz CT molecular complexity index is 960. The normalized spacial score (nSPS) is 22.1. The molecule has 4 rings (SSSR count). The van der Waals surface area contributed by atoms with E-state index in [1.54, 1.807) is 17.4 Å². The first-order valence-electron chi connectivity index (χ1n) is 9.17. The van der Waals surface area contributed by atoms with Crippen molar-refractivity contribution in [2.75, 3.05) is 6.54 Å².